The number of carbonyl (C=O) groups is 2. The van der Waals surface area contributed by atoms with Crippen molar-refractivity contribution in [3.05, 3.63) is 54.2 Å². The van der Waals surface area contributed by atoms with Crippen LogP contribution in [0.25, 0.3) is 0 Å². The van der Waals surface area contributed by atoms with Crippen LogP contribution < -0.4 is 5.32 Å². The molecule has 1 N–H and O–H groups in total. The molecule has 1 atom stereocenters. The summed E-state index contributed by atoms with van der Waals surface area (Å²) < 4.78 is 26.9. The third-order valence-electron chi connectivity index (χ3n) is 5.12. The number of piperidine rings is 1. The summed E-state index contributed by atoms with van der Waals surface area (Å²) in [6.07, 6.45) is 4.59. The van der Waals surface area contributed by atoms with Gasteiger partial charge < -0.3 is 5.32 Å². The smallest absolute Gasteiger partial charge is 0.244 e. The highest BCUT2D eigenvalue weighted by atomic mass is 32.2. The lowest BCUT2D eigenvalue weighted by molar-refractivity contribution is -0.125. The minimum atomic E-state index is -3.52. The summed E-state index contributed by atoms with van der Waals surface area (Å²) >= 11 is 1.20. The maximum absolute atomic E-state index is 12.7. The van der Waals surface area contributed by atoms with Gasteiger partial charge in [0, 0.05) is 19.3 Å². The molecule has 0 spiro atoms. The Hall–Kier alpha value is -2.23. The second-order valence-electron chi connectivity index (χ2n) is 7.51. The summed E-state index contributed by atoms with van der Waals surface area (Å²) in [5.74, 6) is -0.287. The number of ketones is 1. The summed E-state index contributed by atoms with van der Waals surface area (Å²) in [6.45, 7) is 2.54. The maximum atomic E-state index is 12.7. The number of hydrogen-bond acceptors (Lipinski definition) is 6. The molecular weight excluding hydrogens is 434 g/mol. The van der Waals surface area contributed by atoms with E-state index in [0.29, 0.717) is 24.5 Å². The number of amides is 1. The quantitative estimate of drug-likeness (QED) is 0.577. The van der Waals surface area contributed by atoms with Gasteiger partial charge in [-0.05, 0) is 43.9 Å². The Kier molecular flexibility index (Phi) is 8.22. The zero-order valence-electron chi connectivity index (χ0n) is 17.5. The average molecular weight is 462 g/mol. The van der Waals surface area contributed by atoms with Gasteiger partial charge in [0.2, 0.25) is 15.9 Å². The number of aromatic nitrogens is 1. The molecule has 1 fully saturated rings. The van der Waals surface area contributed by atoms with Crippen molar-refractivity contribution >= 4 is 33.5 Å². The number of pyridine rings is 1. The molecule has 1 aromatic carbocycles. The van der Waals surface area contributed by atoms with Gasteiger partial charge in [0.1, 0.15) is 4.90 Å². The summed E-state index contributed by atoms with van der Waals surface area (Å²) in [5, 5.41) is 3.33. The zero-order chi connectivity index (χ0) is 22.3. The monoisotopic (exact) mass is 461 g/mol. The summed E-state index contributed by atoms with van der Waals surface area (Å²) in [4.78, 5) is 28.6. The molecule has 31 heavy (non-hydrogen) atoms. The van der Waals surface area contributed by atoms with Gasteiger partial charge in [-0.3, -0.25) is 9.59 Å². The predicted octanol–water partition coefficient (Wildman–Crippen LogP) is 2.66. The van der Waals surface area contributed by atoms with E-state index in [-0.39, 0.29) is 22.3 Å². The molecule has 0 radical (unpaired) electrons. The molecule has 166 valence electrons. The lowest BCUT2D eigenvalue weighted by Crippen LogP contribution is -2.42. The molecule has 0 unspecified atom stereocenters. The summed E-state index contributed by atoms with van der Waals surface area (Å²) in [7, 11) is -3.52. The second kappa shape index (κ2) is 10.9. The molecule has 0 aliphatic carbocycles. The third-order valence-corrected chi connectivity index (χ3v) is 7.95. The topological polar surface area (TPSA) is 96.4 Å². The van der Waals surface area contributed by atoms with Gasteiger partial charge in [0.15, 0.2) is 5.78 Å². The third kappa shape index (κ3) is 6.62. The van der Waals surface area contributed by atoms with Crippen LogP contribution in [0.3, 0.4) is 0 Å². The number of Topliss-reactive ketones (excluding diaryl/α,β-unsaturated/α-hetero) is 1. The Morgan fingerprint density at radius 3 is 2.42 bits per heavy atom. The van der Waals surface area contributed by atoms with Crippen LogP contribution in [0, 0.1) is 0 Å². The Bertz CT molecular complexity index is 989. The van der Waals surface area contributed by atoms with E-state index in [2.05, 4.69) is 10.3 Å². The molecule has 3 rings (SSSR count). The van der Waals surface area contributed by atoms with Crippen LogP contribution in [-0.2, 0) is 26.0 Å². The molecule has 1 aromatic heterocycles. The molecule has 7 nitrogen and oxygen atoms in total. The van der Waals surface area contributed by atoms with Crippen molar-refractivity contribution < 1.29 is 18.0 Å². The molecule has 1 aliphatic rings. The Morgan fingerprint density at radius 1 is 1.10 bits per heavy atom. The van der Waals surface area contributed by atoms with Crippen molar-refractivity contribution in [2.75, 3.05) is 18.8 Å². The second-order valence-corrected chi connectivity index (χ2v) is 10.4. The first-order valence-electron chi connectivity index (χ1n) is 10.3. The number of thioether (sulfide) groups is 1. The predicted molar refractivity (Wildman–Crippen MR) is 120 cm³/mol. The molecule has 2 aromatic rings. The number of rotatable bonds is 9. The van der Waals surface area contributed by atoms with E-state index in [1.54, 1.807) is 6.07 Å². The van der Waals surface area contributed by atoms with E-state index >= 15 is 0 Å². The average Bonchev–Trinajstić information content (AvgIpc) is 2.79. The fourth-order valence-corrected chi connectivity index (χ4v) is 5.50. The van der Waals surface area contributed by atoms with Crippen LogP contribution in [-0.4, -0.2) is 54.3 Å². The number of sulfonamides is 1. The largest absolute Gasteiger partial charge is 0.345 e. The number of hydrogen-bond donors (Lipinski definition) is 1. The number of benzene rings is 1. The van der Waals surface area contributed by atoms with Crippen molar-refractivity contribution in [1.29, 1.82) is 0 Å². The van der Waals surface area contributed by atoms with E-state index < -0.39 is 16.1 Å². The number of nitrogens with zero attached hydrogens (tertiary/aromatic N) is 2. The van der Waals surface area contributed by atoms with Crippen molar-refractivity contribution in [2.24, 2.45) is 0 Å². The fraction of sp³-hybridized carbons (Fsp3) is 0.409. The van der Waals surface area contributed by atoms with E-state index in [1.165, 1.54) is 35.3 Å². The van der Waals surface area contributed by atoms with Gasteiger partial charge in [0.05, 0.1) is 16.8 Å². The first-order chi connectivity index (χ1) is 14.9. The normalized spacial score (nSPS) is 15.9. The van der Waals surface area contributed by atoms with Crippen LogP contribution in [0.15, 0.2) is 58.6 Å². The zero-order valence-corrected chi connectivity index (χ0v) is 19.1. The van der Waals surface area contributed by atoms with E-state index in [0.717, 1.165) is 24.8 Å². The van der Waals surface area contributed by atoms with Crippen LogP contribution >= 0.6 is 11.8 Å². The van der Waals surface area contributed by atoms with E-state index in [4.69, 9.17) is 0 Å². The molecule has 0 saturated carbocycles. The van der Waals surface area contributed by atoms with Crippen LogP contribution in [0.2, 0.25) is 0 Å². The van der Waals surface area contributed by atoms with Crippen molar-refractivity contribution in [3.8, 4) is 0 Å². The van der Waals surface area contributed by atoms with Crippen molar-refractivity contribution in [3.63, 3.8) is 0 Å². The lowest BCUT2D eigenvalue weighted by Gasteiger charge is -2.25. The molecule has 1 saturated heterocycles. The van der Waals surface area contributed by atoms with Gasteiger partial charge in [-0.15, -0.1) is 0 Å². The van der Waals surface area contributed by atoms with Crippen LogP contribution in [0.4, 0.5) is 0 Å². The number of carbonyl (C=O) groups excluding carboxylic acids is 2. The molecule has 2 heterocycles. The minimum absolute atomic E-state index is 0.0871. The lowest BCUT2D eigenvalue weighted by atomic mass is 10.0. The van der Waals surface area contributed by atoms with E-state index in [9.17, 15) is 18.0 Å². The molecule has 9 heteroatoms. The molecule has 1 aliphatic heterocycles. The summed E-state index contributed by atoms with van der Waals surface area (Å²) in [6, 6.07) is 12.1. The highest BCUT2D eigenvalue weighted by Gasteiger charge is 2.26. The van der Waals surface area contributed by atoms with Crippen molar-refractivity contribution in [1.82, 2.24) is 14.6 Å². The number of nitrogens with one attached hydrogen (secondary N) is 1. The van der Waals surface area contributed by atoms with Crippen LogP contribution in [0.5, 0.6) is 0 Å². The minimum Gasteiger partial charge on any atom is -0.345 e. The van der Waals surface area contributed by atoms with Gasteiger partial charge >= 0.3 is 0 Å². The van der Waals surface area contributed by atoms with Gasteiger partial charge in [-0.2, -0.15) is 4.31 Å². The first-order valence-corrected chi connectivity index (χ1v) is 12.7. The fourth-order valence-electron chi connectivity index (χ4n) is 3.38. The van der Waals surface area contributed by atoms with Crippen molar-refractivity contribution in [2.45, 2.75) is 48.6 Å². The standard InChI is InChI=1S/C22H27N3O4S2/c1-17(26)20(14-18-8-4-2-5-9-18)24-21(27)16-30-22-11-10-19(15-23-22)31(28,29)25-12-6-3-7-13-25/h2,4-5,8-11,15,20H,3,6-7,12-14,16H2,1H3,(H,24,27)/t20-/m0/s1. The van der Waals surface area contributed by atoms with Crippen LogP contribution in [0.1, 0.15) is 31.7 Å². The highest BCUT2D eigenvalue weighted by Crippen LogP contribution is 2.22. The van der Waals surface area contributed by atoms with E-state index in [1.807, 2.05) is 30.3 Å². The van der Waals surface area contributed by atoms with Gasteiger partial charge in [0.25, 0.3) is 0 Å². The first kappa shape index (κ1) is 23.4. The molecule has 1 amide bonds. The maximum Gasteiger partial charge on any atom is 0.244 e. The van der Waals surface area contributed by atoms with Gasteiger partial charge in [-0.1, -0.05) is 48.5 Å². The summed E-state index contributed by atoms with van der Waals surface area (Å²) in [5.41, 5.74) is 0.975. The Morgan fingerprint density at radius 2 is 1.81 bits per heavy atom. The van der Waals surface area contributed by atoms with Gasteiger partial charge in [-0.25, -0.2) is 13.4 Å². The Balaban J connectivity index is 1.54. The highest BCUT2D eigenvalue weighted by molar-refractivity contribution is 7.99. The Labute approximate surface area is 187 Å². The SMILES string of the molecule is CC(=O)[C@H](Cc1ccccc1)NC(=O)CSc1ccc(S(=O)(=O)N2CCCCC2)cn1. The molecular formula is C22H27N3O4S2. The molecule has 0 bridgehead atoms.